The fraction of sp³-hybridized carbons (Fsp3) is 0.400. The fourth-order valence-electron chi connectivity index (χ4n) is 1.99. The number of aryl methyl sites for hydroxylation is 1. The van der Waals surface area contributed by atoms with Crippen LogP contribution in [0.2, 0.25) is 0 Å². The Morgan fingerprint density at radius 3 is 2.53 bits per heavy atom. The number of nitrogens with zero attached hydrogens (tertiary/aromatic N) is 2. The third-order valence-corrected chi connectivity index (χ3v) is 4.29. The Morgan fingerprint density at radius 2 is 2.00 bits per heavy atom. The first kappa shape index (κ1) is 14.2. The second-order valence-electron chi connectivity index (χ2n) is 4.75. The van der Waals surface area contributed by atoms with Gasteiger partial charge in [0.05, 0.1) is 6.20 Å². The molecule has 1 N–H and O–H groups in total. The number of nitrogens with one attached hydrogen (secondary N) is 1. The van der Waals surface area contributed by atoms with Crippen molar-refractivity contribution in [2.75, 3.05) is 6.26 Å². The van der Waals surface area contributed by atoms with Crippen LogP contribution < -0.4 is 5.32 Å². The molecule has 102 valence electrons. The first-order valence-corrected chi connectivity index (χ1v) is 7.69. The molecule has 1 aromatic carbocycles. The number of aromatic nitrogens is 2. The van der Waals surface area contributed by atoms with Crippen molar-refractivity contribution in [1.82, 2.24) is 15.1 Å². The van der Waals surface area contributed by atoms with Crippen molar-refractivity contribution in [3.63, 3.8) is 0 Å². The first-order chi connectivity index (χ1) is 9.11. The monoisotopic (exact) mass is 275 g/mol. The summed E-state index contributed by atoms with van der Waals surface area (Å²) >= 11 is 1.77. The molecule has 1 heterocycles. The highest BCUT2D eigenvalue weighted by molar-refractivity contribution is 7.98. The lowest BCUT2D eigenvalue weighted by molar-refractivity contribution is 0.572. The molecule has 0 saturated heterocycles. The summed E-state index contributed by atoms with van der Waals surface area (Å²) in [5, 5.41) is 7.81. The third kappa shape index (κ3) is 3.39. The van der Waals surface area contributed by atoms with Crippen LogP contribution in [0.15, 0.2) is 35.4 Å². The van der Waals surface area contributed by atoms with Gasteiger partial charge >= 0.3 is 0 Å². The van der Waals surface area contributed by atoms with Gasteiger partial charge in [-0.2, -0.15) is 5.10 Å². The third-order valence-electron chi connectivity index (χ3n) is 3.55. The van der Waals surface area contributed by atoms with Gasteiger partial charge in [-0.1, -0.05) is 12.1 Å². The topological polar surface area (TPSA) is 29.9 Å². The van der Waals surface area contributed by atoms with Gasteiger partial charge in [0.15, 0.2) is 0 Å². The van der Waals surface area contributed by atoms with Crippen LogP contribution in [0.5, 0.6) is 0 Å². The number of hydrogen-bond donors (Lipinski definition) is 1. The standard InChI is InChI=1S/C15H21N3S/c1-11(13-5-7-15(19-4)8-6-13)16-9-14-10-17-18(3)12(14)2/h5-8,10-11,16H,9H2,1-4H3. The Morgan fingerprint density at radius 1 is 1.32 bits per heavy atom. The number of benzene rings is 1. The van der Waals surface area contributed by atoms with E-state index in [-0.39, 0.29) is 0 Å². The maximum Gasteiger partial charge on any atom is 0.0537 e. The second-order valence-corrected chi connectivity index (χ2v) is 5.63. The smallest absolute Gasteiger partial charge is 0.0537 e. The van der Waals surface area contributed by atoms with E-state index < -0.39 is 0 Å². The highest BCUT2D eigenvalue weighted by atomic mass is 32.2. The van der Waals surface area contributed by atoms with Crippen LogP contribution in [0.1, 0.15) is 29.8 Å². The van der Waals surface area contributed by atoms with Crippen molar-refractivity contribution in [3.05, 3.63) is 47.3 Å². The van der Waals surface area contributed by atoms with E-state index >= 15 is 0 Å². The Hall–Kier alpha value is -1.26. The molecule has 2 rings (SSSR count). The van der Waals surface area contributed by atoms with Crippen molar-refractivity contribution in [1.29, 1.82) is 0 Å². The Labute approximate surface area is 119 Å². The maximum atomic E-state index is 4.26. The fourth-order valence-corrected chi connectivity index (χ4v) is 2.40. The highest BCUT2D eigenvalue weighted by Crippen LogP contribution is 2.19. The summed E-state index contributed by atoms with van der Waals surface area (Å²) in [6.45, 7) is 5.15. The molecular formula is C15H21N3S. The number of rotatable bonds is 5. The molecule has 1 atom stereocenters. The van der Waals surface area contributed by atoms with Gasteiger partial charge in [0.2, 0.25) is 0 Å². The Balaban J connectivity index is 1.97. The van der Waals surface area contributed by atoms with Gasteiger partial charge in [-0.25, -0.2) is 0 Å². The minimum atomic E-state index is 0.343. The van der Waals surface area contributed by atoms with Crippen molar-refractivity contribution in [2.45, 2.75) is 31.3 Å². The Kier molecular flexibility index (Phi) is 4.66. The van der Waals surface area contributed by atoms with E-state index in [2.05, 4.69) is 54.8 Å². The normalized spacial score (nSPS) is 12.6. The van der Waals surface area contributed by atoms with Crippen LogP contribution >= 0.6 is 11.8 Å². The van der Waals surface area contributed by atoms with E-state index in [1.54, 1.807) is 11.8 Å². The summed E-state index contributed by atoms with van der Waals surface area (Å²) in [4.78, 5) is 1.30. The van der Waals surface area contributed by atoms with Gasteiger partial charge in [-0.15, -0.1) is 11.8 Å². The number of thioether (sulfide) groups is 1. The SMILES string of the molecule is CSc1ccc(C(C)NCc2cnn(C)c2C)cc1. The van der Waals surface area contributed by atoms with E-state index in [4.69, 9.17) is 0 Å². The van der Waals surface area contributed by atoms with Crippen molar-refractivity contribution in [2.24, 2.45) is 7.05 Å². The average molecular weight is 275 g/mol. The molecule has 0 aliphatic heterocycles. The maximum absolute atomic E-state index is 4.26. The minimum Gasteiger partial charge on any atom is -0.306 e. The predicted molar refractivity (Wildman–Crippen MR) is 81.4 cm³/mol. The Bertz CT molecular complexity index is 531. The first-order valence-electron chi connectivity index (χ1n) is 6.46. The zero-order valence-corrected chi connectivity index (χ0v) is 12.8. The van der Waals surface area contributed by atoms with Crippen LogP contribution in [0.3, 0.4) is 0 Å². The molecule has 0 spiro atoms. The molecule has 0 saturated carbocycles. The zero-order valence-electron chi connectivity index (χ0n) is 12.0. The molecular weight excluding hydrogens is 254 g/mol. The van der Waals surface area contributed by atoms with Crippen LogP contribution in [0.25, 0.3) is 0 Å². The quantitative estimate of drug-likeness (QED) is 0.849. The van der Waals surface area contributed by atoms with Crippen molar-refractivity contribution in [3.8, 4) is 0 Å². The summed E-state index contributed by atoms with van der Waals surface area (Å²) in [5.41, 5.74) is 3.80. The molecule has 2 aromatic rings. The lowest BCUT2D eigenvalue weighted by atomic mass is 10.1. The van der Waals surface area contributed by atoms with Gasteiger partial charge in [-0.05, 0) is 37.8 Å². The molecule has 0 aliphatic carbocycles. The van der Waals surface area contributed by atoms with Crippen molar-refractivity contribution >= 4 is 11.8 Å². The molecule has 0 fully saturated rings. The molecule has 4 heteroatoms. The highest BCUT2D eigenvalue weighted by Gasteiger charge is 2.07. The average Bonchev–Trinajstić information content (AvgIpc) is 2.76. The predicted octanol–water partition coefficient (Wildman–Crippen LogP) is 3.30. The summed E-state index contributed by atoms with van der Waals surface area (Å²) in [5.74, 6) is 0. The van der Waals surface area contributed by atoms with Gasteiger partial charge < -0.3 is 5.32 Å². The summed E-state index contributed by atoms with van der Waals surface area (Å²) in [7, 11) is 1.98. The molecule has 19 heavy (non-hydrogen) atoms. The van der Waals surface area contributed by atoms with Crippen LogP contribution in [0, 0.1) is 6.92 Å². The lowest BCUT2D eigenvalue weighted by Crippen LogP contribution is -2.18. The minimum absolute atomic E-state index is 0.343. The van der Waals surface area contributed by atoms with Gasteiger partial charge in [0, 0.05) is 35.8 Å². The van der Waals surface area contributed by atoms with Crippen LogP contribution in [0.4, 0.5) is 0 Å². The molecule has 0 bridgehead atoms. The molecule has 1 unspecified atom stereocenters. The second kappa shape index (κ2) is 6.26. The van der Waals surface area contributed by atoms with E-state index in [1.165, 1.54) is 21.7 Å². The van der Waals surface area contributed by atoms with Crippen molar-refractivity contribution < 1.29 is 0 Å². The molecule has 0 radical (unpaired) electrons. The summed E-state index contributed by atoms with van der Waals surface area (Å²) < 4.78 is 1.91. The van der Waals surface area contributed by atoms with Gasteiger partial charge in [-0.3, -0.25) is 4.68 Å². The largest absolute Gasteiger partial charge is 0.306 e. The molecule has 1 aromatic heterocycles. The van der Waals surface area contributed by atoms with Gasteiger partial charge in [0.25, 0.3) is 0 Å². The zero-order chi connectivity index (χ0) is 13.8. The van der Waals surface area contributed by atoms with Crippen LogP contribution in [-0.2, 0) is 13.6 Å². The number of hydrogen-bond acceptors (Lipinski definition) is 3. The lowest BCUT2D eigenvalue weighted by Gasteiger charge is -2.14. The van der Waals surface area contributed by atoms with E-state index in [0.717, 1.165) is 6.54 Å². The van der Waals surface area contributed by atoms with Gasteiger partial charge in [0.1, 0.15) is 0 Å². The van der Waals surface area contributed by atoms with E-state index in [9.17, 15) is 0 Å². The molecule has 0 amide bonds. The molecule has 0 aliphatic rings. The van der Waals surface area contributed by atoms with E-state index in [0.29, 0.717) is 6.04 Å². The summed E-state index contributed by atoms with van der Waals surface area (Å²) in [6.07, 6.45) is 4.04. The van der Waals surface area contributed by atoms with Crippen LogP contribution in [-0.4, -0.2) is 16.0 Å². The molecule has 3 nitrogen and oxygen atoms in total. The summed E-state index contributed by atoms with van der Waals surface area (Å²) in [6, 6.07) is 9.08. The van der Waals surface area contributed by atoms with E-state index in [1.807, 2.05) is 17.9 Å².